The molecule has 2 aromatic rings. The number of benzene rings is 2. The zero-order chi connectivity index (χ0) is 16.7. The monoisotopic (exact) mass is 303 g/mol. The summed E-state index contributed by atoms with van der Waals surface area (Å²) in [5.74, 6) is -0.860. The number of anilines is 1. The first-order valence-corrected chi connectivity index (χ1v) is 6.92. The number of carbonyl (C=O) groups is 2. The number of nitriles is 2. The Labute approximate surface area is 134 Å². The second-order valence-corrected chi connectivity index (χ2v) is 4.72. The predicted molar refractivity (Wildman–Crippen MR) is 84.2 cm³/mol. The minimum absolute atomic E-state index is 0. The molecule has 5 nitrogen and oxygen atoms in total. The molecule has 2 aromatic carbocycles. The van der Waals surface area contributed by atoms with Crippen molar-refractivity contribution in [3.8, 4) is 12.1 Å². The van der Waals surface area contributed by atoms with E-state index in [0.717, 1.165) is 5.56 Å². The van der Waals surface area contributed by atoms with Crippen molar-refractivity contribution in [2.75, 3.05) is 4.90 Å². The summed E-state index contributed by atoms with van der Waals surface area (Å²) in [6.45, 7) is 0.433. The number of hydrogen-bond donors (Lipinski definition) is 0. The Kier molecular flexibility index (Phi) is 5.22. The summed E-state index contributed by atoms with van der Waals surface area (Å²) in [6, 6.07) is 20.1. The van der Waals surface area contributed by atoms with Crippen molar-refractivity contribution < 1.29 is 9.59 Å². The number of carbonyl (C=O) groups excluding carboxylic acids is 2. The summed E-state index contributed by atoms with van der Waals surface area (Å²) >= 11 is 0. The average molecular weight is 303 g/mol. The van der Waals surface area contributed by atoms with Crippen molar-refractivity contribution >= 4 is 17.4 Å². The van der Waals surface area contributed by atoms with E-state index < -0.39 is 11.7 Å². The standard InChI is InChI=1S/C15H11NO2.C3H2N2/c17-14-12-8-4-5-9-13(12)16(15(14)18)10-11-6-2-1-3-7-11;4-2-1-3-5/h1-9H,10H2;1H2. The van der Waals surface area contributed by atoms with Crippen molar-refractivity contribution in [2.45, 2.75) is 13.0 Å². The molecule has 1 heterocycles. The number of para-hydroxylation sites is 1. The molecule has 0 radical (unpaired) electrons. The normalized spacial score (nSPS) is 11.8. The predicted octanol–water partition coefficient (Wildman–Crippen LogP) is 2.84. The SMILES string of the molecule is N#CCC#N.O=C1C(=O)N(Cc2ccccc2)c2ccccc21. The van der Waals surface area contributed by atoms with Gasteiger partial charge in [0.25, 0.3) is 11.7 Å². The summed E-state index contributed by atoms with van der Waals surface area (Å²) in [6.07, 6.45) is 0. The van der Waals surface area contributed by atoms with Crippen molar-refractivity contribution in [2.24, 2.45) is 0 Å². The summed E-state index contributed by atoms with van der Waals surface area (Å²) in [5.41, 5.74) is 2.21. The van der Waals surface area contributed by atoms with E-state index in [1.54, 1.807) is 30.3 Å². The fourth-order valence-corrected chi connectivity index (χ4v) is 2.21. The van der Waals surface area contributed by atoms with Crippen LogP contribution in [0.4, 0.5) is 5.69 Å². The summed E-state index contributed by atoms with van der Waals surface area (Å²) < 4.78 is 0. The molecular weight excluding hydrogens is 290 g/mol. The molecule has 5 heteroatoms. The average Bonchev–Trinajstić information content (AvgIpc) is 2.83. The van der Waals surface area contributed by atoms with Crippen molar-refractivity contribution in [1.29, 1.82) is 10.5 Å². The van der Waals surface area contributed by atoms with E-state index >= 15 is 0 Å². The smallest absolute Gasteiger partial charge is 0.299 e. The highest BCUT2D eigenvalue weighted by atomic mass is 16.2. The molecule has 0 spiro atoms. The highest BCUT2D eigenvalue weighted by molar-refractivity contribution is 6.52. The Morgan fingerprint density at radius 3 is 2.09 bits per heavy atom. The molecule has 0 aromatic heterocycles. The van der Waals surface area contributed by atoms with Gasteiger partial charge in [-0.1, -0.05) is 42.5 Å². The van der Waals surface area contributed by atoms with Gasteiger partial charge in [-0.15, -0.1) is 0 Å². The van der Waals surface area contributed by atoms with E-state index in [2.05, 4.69) is 0 Å². The van der Waals surface area contributed by atoms with Crippen LogP contribution >= 0.6 is 0 Å². The first-order valence-electron chi connectivity index (χ1n) is 6.92. The molecule has 0 bridgehead atoms. The van der Waals surface area contributed by atoms with Gasteiger partial charge in [0.15, 0.2) is 0 Å². The van der Waals surface area contributed by atoms with Crippen LogP contribution in [0.5, 0.6) is 0 Å². The Hall–Kier alpha value is -3.44. The van der Waals surface area contributed by atoms with Crippen molar-refractivity contribution in [1.82, 2.24) is 0 Å². The van der Waals surface area contributed by atoms with Crippen LogP contribution in [0.3, 0.4) is 0 Å². The van der Waals surface area contributed by atoms with Crippen LogP contribution in [0.15, 0.2) is 54.6 Å². The lowest BCUT2D eigenvalue weighted by molar-refractivity contribution is -0.114. The highest BCUT2D eigenvalue weighted by Crippen LogP contribution is 2.29. The number of Topliss-reactive ketones (excluding diaryl/α,β-unsaturated/α-hetero) is 1. The summed E-state index contributed by atoms with van der Waals surface area (Å²) in [5, 5.41) is 15.2. The first kappa shape index (κ1) is 15.9. The van der Waals surface area contributed by atoms with Gasteiger partial charge in [0.05, 0.1) is 29.9 Å². The molecule has 3 rings (SSSR count). The van der Waals surface area contributed by atoms with Gasteiger partial charge >= 0.3 is 0 Å². The lowest BCUT2D eigenvalue weighted by Gasteiger charge is -2.16. The van der Waals surface area contributed by atoms with Gasteiger partial charge in [0.1, 0.15) is 6.42 Å². The summed E-state index contributed by atoms with van der Waals surface area (Å²) in [4.78, 5) is 25.3. The maximum atomic E-state index is 11.9. The van der Waals surface area contributed by atoms with Gasteiger partial charge in [0.2, 0.25) is 0 Å². The molecule has 0 saturated heterocycles. The maximum absolute atomic E-state index is 11.9. The summed E-state index contributed by atoms with van der Waals surface area (Å²) in [7, 11) is 0. The third kappa shape index (κ3) is 3.61. The maximum Gasteiger partial charge on any atom is 0.299 e. The molecule has 0 saturated carbocycles. The quantitative estimate of drug-likeness (QED) is 0.798. The second kappa shape index (κ2) is 7.53. The Morgan fingerprint density at radius 1 is 0.870 bits per heavy atom. The minimum atomic E-state index is -0.444. The Bertz CT molecular complexity index is 789. The molecule has 0 atom stereocenters. The zero-order valence-corrected chi connectivity index (χ0v) is 12.3. The molecule has 0 aliphatic carbocycles. The number of ketones is 1. The molecule has 1 amide bonds. The molecule has 1 aliphatic heterocycles. The van der Waals surface area contributed by atoms with Crippen molar-refractivity contribution in [3.05, 3.63) is 65.7 Å². The second-order valence-electron chi connectivity index (χ2n) is 4.72. The van der Waals surface area contributed by atoms with Crippen LogP contribution in [0, 0.1) is 22.7 Å². The van der Waals surface area contributed by atoms with Gasteiger partial charge in [-0.2, -0.15) is 10.5 Å². The molecule has 1 aliphatic rings. The van der Waals surface area contributed by atoms with Crippen LogP contribution in [0.1, 0.15) is 22.3 Å². The fourth-order valence-electron chi connectivity index (χ4n) is 2.21. The third-order valence-electron chi connectivity index (χ3n) is 3.22. The molecule has 0 unspecified atom stereocenters. The fraction of sp³-hybridized carbons (Fsp3) is 0.111. The Morgan fingerprint density at radius 2 is 1.48 bits per heavy atom. The molecule has 112 valence electrons. The van der Waals surface area contributed by atoms with E-state index in [1.807, 2.05) is 36.4 Å². The number of nitrogens with zero attached hydrogens (tertiary/aromatic N) is 3. The highest BCUT2D eigenvalue weighted by Gasteiger charge is 2.35. The van der Waals surface area contributed by atoms with Crippen LogP contribution in [-0.4, -0.2) is 11.7 Å². The van der Waals surface area contributed by atoms with Crippen LogP contribution in [-0.2, 0) is 11.3 Å². The first-order chi connectivity index (χ1) is 11.2. The number of hydrogen-bond acceptors (Lipinski definition) is 4. The molecule has 0 N–H and O–H groups in total. The molecular formula is C18H13N3O2. The van der Waals surface area contributed by atoms with E-state index in [0.29, 0.717) is 17.8 Å². The lowest BCUT2D eigenvalue weighted by atomic mass is 10.1. The molecule has 23 heavy (non-hydrogen) atoms. The van der Waals surface area contributed by atoms with E-state index in [4.69, 9.17) is 10.5 Å². The van der Waals surface area contributed by atoms with Gasteiger partial charge in [-0.05, 0) is 17.7 Å². The minimum Gasteiger partial charge on any atom is -0.300 e. The van der Waals surface area contributed by atoms with E-state index in [9.17, 15) is 9.59 Å². The van der Waals surface area contributed by atoms with Crippen LogP contribution < -0.4 is 4.90 Å². The van der Waals surface area contributed by atoms with Gasteiger partial charge in [-0.25, -0.2) is 0 Å². The van der Waals surface area contributed by atoms with Crippen LogP contribution in [0.2, 0.25) is 0 Å². The van der Waals surface area contributed by atoms with Gasteiger partial charge in [0, 0.05) is 0 Å². The van der Waals surface area contributed by atoms with E-state index in [-0.39, 0.29) is 6.42 Å². The number of fused-ring (bicyclic) bond motifs is 1. The van der Waals surface area contributed by atoms with Gasteiger partial charge < -0.3 is 4.90 Å². The zero-order valence-electron chi connectivity index (χ0n) is 12.3. The van der Waals surface area contributed by atoms with E-state index in [1.165, 1.54) is 4.90 Å². The third-order valence-corrected chi connectivity index (χ3v) is 3.22. The Balaban J connectivity index is 0.000000338. The number of amides is 1. The van der Waals surface area contributed by atoms with Gasteiger partial charge in [-0.3, -0.25) is 9.59 Å². The van der Waals surface area contributed by atoms with Crippen molar-refractivity contribution in [3.63, 3.8) is 0 Å². The topological polar surface area (TPSA) is 85.0 Å². The lowest BCUT2D eigenvalue weighted by Crippen LogP contribution is -2.29. The van der Waals surface area contributed by atoms with Crippen LogP contribution in [0.25, 0.3) is 0 Å². The number of rotatable bonds is 2. The molecule has 0 fully saturated rings. The largest absolute Gasteiger partial charge is 0.300 e.